The van der Waals surface area contributed by atoms with Crippen molar-refractivity contribution in [2.45, 2.75) is 25.7 Å². The Balaban J connectivity index is 1.88. The highest BCUT2D eigenvalue weighted by Gasteiger charge is 2.20. The summed E-state index contributed by atoms with van der Waals surface area (Å²) in [7, 11) is 0. The zero-order valence-corrected chi connectivity index (χ0v) is 13.7. The predicted octanol–water partition coefficient (Wildman–Crippen LogP) is 3.41. The maximum Gasteiger partial charge on any atom is 0.258 e. The number of pyridine rings is 1. The fourth-order valence-electron chi connectivity index (χ4n) is 3.45. The molecule has 0 atom stereocenters. The minimum absolute atomic E-state index is 0.0149. The van der Waals surface area contributed by atoms with Crippen LogP contribution < -0.4 is 10.3 Å². The molecule has 128 valence electrons. The van der Waals surface area contributed by atoms with Crippen molar-refractivity contribution in [3.05, 3.63) is 64.3 Å². The summed E-state index contributed by atoms with van der Waals surface area (Å²) in [6.07, 6.45) is 9.33. The molecule has 6 heteroatoms. The van der Waals surface area contributed by atoms with Crippen molar-refractivity contribution in [3.63, 3.8) is 0 Å². The van der Waals surface area contributed by atoms with Crippen LogP contribution in [0.4, 0.5) is 4.39 Å². The Bertz CT molecular complexity index is 931. The van der Waals surface area contributed by atoms with Gasteiger partial charge in [-0.3, -0.25) is 14.5 Å². The molecule has 5 nitrogen and oxygen atoms in total. The Morgan fingerprint density at radius 1 is 1.16 bits per heavy atom. The van der Waals surface area contributed by atoms with Gasteiger partial charge in [0.1, 0.15) is 5.75 Å². The molecular formula is C19H18FN3O2. The molecule has 0 radical (unpaired) electrons. The third-order valence-corrected chi connectivity index (χ3v) is 4.67. The van der Waals surface area contributed by atoms with Gasteiger partial charge in [0.15, 0.2) is 0 Å². The van der Waals surface area contributed by atoms with Gasteiger partial charge in [0, 0.05) is 34.8 Å². The number of ether oxygens (including phenoxy) is 1. The summed E-state index contributed by atoms with van der Waals surface area (Å²) >= 11 is 0. The maximum atomic E-state index is 13.0. The first-order valence-electron chi connectivity index (χ1n) is 8.33. The number of aromatic nitrogens is 3. The SMILES string of the molecule is O=c1c2c(c(-c3cn[nH]c3)cn1-c1ccc(OCF)cc1)CCCC2. The van der Waals surface area contributed by atoms with Gasteiger partial charge in [0.05, 0.1) is 6.20 Å². The first-order valence-corrected chi connectivity index (χ1v) is 8.33. The molecule has 0 amide bonds. The second-order valence-corrected chi connectivity index (χ2v) is 6.12. The van der Waals surface area contributed by atoms with Gasteiger partial charge >= 0.3 is 0 Å². The van der Waals surface area contributed by atoms with Crippen molar-refractivity contribution in [1.82, 2.24) is 14.8 Å². The zero-order valence-electron chi connectivity index (χ0n) is 13.7. The van der Waals surface area contributed by atoms with Gasteiger partial charge in [-0.25, -0.2) is 4.39 Å². The highest BCUT2D eigenvalue weighted by molar-refractivity contribution is 5.67. The monoisotopic (exact) mass is 339 g/mol. The smallest absolute Gasteiger partial charge is 0.258 e. The lowest BCUT2D eigenvalue weighted by Crippen LogP contribution is -2.26. The van der Waals surface area contributed by atoms with E-state index in [0.29, 0.717) is 5.75 Å². The number of benzene rings is 1. The zero-order chi connectivity index (χ0) is 17.2. The van der Waals surface area contributed by atoms with E-state index in [4.69, 9.17) is 4.74 Å². The van der Waals surface area contributed by atoms with Crippen LogP contribution in [0.25, 0.3) is 16.8 Å². The molecule has 1 aliphatic rings. The van der Waals surface area contributed by atoms with E-state index in [1.807, 2.05) is 12.4 Å². The van der Waals surface area contributed by atoms with Crippen molar-refractivity contribution >= 4 is 0 Å². The molecule has 0 bridgehead atoms. The molecule has 0 saturated heterocycles. The van der Waals surface area contributed by atoms with Crippen LogP contribution in [-0.2, 0) is 12.8 Å². The van der Waals surface area contributed by atoms with Crippen LogP contribution in [0.3, 0.4) is 0 Å². The first kappa shape index (κ1) is 15.6. The number of alkyl halides is 1. The van der Waals surface area contributed by atoms with Crippen LogP contribution in [-0.4, -0.2) is 21.6 Å². The van der Waals surface area contributed by atoms with E-state index in [1.54, 1.807) is 35.0 Å². The third-order valence-electron chi connectivity index (χ3n) is 4.67. The predicted molar refractivity (Wildman–Crippen MR) is 92.9 cm³/mol. The lowest BCUT2D eigenvalue weighted by molar-refractivity contribution is 0.192. The molecule has 1 N–H and O–H groups in total. The highest BCUT2D eigenvalue weighted by atomic mass is 19.1. The fourth-order valence-corrected chi connectivity index (χ4v) is 3.45. The minimum Gasteiger partial charge on any atom is -0.463 e. The molecule has 0 unspecified atom stereocenters. The minimum atomic E-state index is -0.872. The van der Waals surface area contributed by atoms with Crippen LogP contribution in [0.5, 0.6) is 5.75 Å². The second kappa shape index (κ2) is 6.55. The van der Waals surface area contributed by atoms with Gasteiger partial charge in [0.25, 0.3) is 5.56 Å². The van der Waals surface area contributed by atoms with E-state index < -0.39 is 6.86 Å². The van der Waals surface area contributed by atoms with Crippen molar-refractivity contribution in [1.29, 1.82) is 0 Å². The van der Waals surface area contributed by atoms with Gasteiger partial charge in [-0.05, 0) is 55.5 Å². The second-order valence-electron chi connectivity index (χ2n) is 6.12. The van der Waals surface area contributed by atoms with E-state index in [9.17, 15) is 9.18 Å². The normalized spacial score (nSPS) is 13.5. The molecule has 2 aromatic heterocycles. The molecule has 4 rings (SSSR count). The Morgan fingerprint density at radius 3 is 2.60 bits per heavy atom. The standard InChI is InChI=1S/C19H18FN3O2/c20-12-25-15-7-5-14(6-8-15)23-11-18(13-9-21-22-10-13)16-3-1-2-4-17(16)19(23)24/h5-11H,1-4,12H2,(H,21,22). The topological polar surface area (TPSA) is 59.9 Å². The third kappa shape index (κ3) is 2.84. The van der Waals surface area contributed by atoms with Gasteiger partial charge in [-0.15, -0.1) is 0 Å². The molecule has 1 aromatic carbocycles. The number of nitrogens with one attached hydrogen (secondary N) is 1. The molecule has 25 heavy (non-hydrogen) atoms. The number of H-pyrrole nitrogens is 1. The molecule has 0 fully saturated rings. The summed E-state index contributed by atoms with van der Waals surface area (Å²) < 4.78 is 18.8. The number of halogens is 1. The average molecular weight is 339 g/mol. The van der Waals surface area contributed by atoms with Crippen molar-refractivity contribution in [3.8, 4) is 22.6 Å². The molecular weight excluding hydrogens is 321 g/mol. The summed E-state index contributed by atoms with van der Waals surface area (Å²) in [5.41, 5.74) is 4.77. The van der Waals surface area contributed by atoms with Crippen molar-refractivity contribution in [2.75, 3.05) is 6.86 Å². The Morgan fingerprint density at radius 2 is 1.92 bits per heavy atom. The van der Waals surface area contributed by atoms with Crippen LogP contribution in [0.1, 0.15) is 24.0 Å². The van der Waals surface area contributed by atoms with Crippen LogP contribution in [0, 0.1) is 0 Å². The van der Waals surface area contributed by atoms with Crippen LogP contribution >= 0.6 is 0 Å². The molecule has 0 aliphatic heterocycles. The maximum absolute atomic E-state index is 13.0. The van der Waals surface area contributed by atoms with Gasteiger partial charge in [-0.2, -0.15) is 5.10 Å². The summed E-state index contributed by atoms with van der Waals surface area (Å²) in [6.45, 7) is -0.872. The van der Waals surface area contributed by atoms with Crippen LogP contribution in [0.2, 0.25) is 0 Å². The highest BCUT2D eigenvalue weighted by Crippen LogP contribution is 2.30. The largest absolute Gasteiger partial charge is 0.463 e. The molecule has 0 saturated carbocycles. The van der Waals surface area contributed by atoms with E-state index in [1.165, 1.54) is 0 Å². The Kier molecular flexibility index (Phi) is 4.09. The van der Waals surface area contributed by atoms with Crippen LogP contribution in [0.15, 0.2) is 47.7 Å². The van der Waals surface area contributed by atoms with E-state index in [2.05, 4.69) is 10.2 Å². The number of nitrogens with zero attached hydrogens (tertiary/aromatic N) is 2. The van der Waals surface area contributed by atoms with Gasteiger partial charge in [0.2, 0.25) is 6.86 Å². The molecule has 2 heterocycles. The summed E-state index contributed by atoms with van der Waals surface area (Å²) in [4.78, 5) is 13.0. The number of fused-ring (bicyclic) bond motifs is 1. The number of rotatable bonds is 4. The Labute approximate surface area is 144 Å². The summed E-state index contributed by atoms with van der Waals surface area (Å²) in [5.74, 6) is 0.437. The fraction of sp³-hybridized carbons (Fsp3) is 0.263. The van der Waals surface area contributed by atoms with E-state index in [-0.39, 0.29) is 5.56 Å². The summed E-state index contributed by atoms with van der Waals surface area (Å²) in [5, 5.41) is 6.88. The van der Waals surface area contributed by atoms with E-state index >= 15 is 0 Å². The number of hydrogen-bond acceptors (Lipinski definition) is 3. The Hall–Kier alpha value is -2.89. The molecule has 0 spiro atoms. The summed E-state index contributed by atoms with van der Waals surface area (Å²) in [6, 6.07) is 6.86. The number of hydrogen-bond donors (Lipinski definition) is 1. The van der Waals surface area contributed by atoms with Crippen molar-refractivity contribution < 1.29 is 9.13 Å². The molecule has 1 aliphatic carbocycles. The van der Waals surface area contributed by atoms with Gasteiger partial charge in [-0.1, -0.05) is 0 Å². The lowest BCUT2D eigenvalue weighted by atomic mass is 9.88. The lowest BCUT2D eigenvalue weighted by Gasteiger charge is -2.21. The van der Waals surface area contributed by atoms with Crippen molar-refractivity contribution in [2.24, 2.45) is 0 Å². The first-order chi connectivity index (χ1) is 12.3. The van der Waals surface area contributed by atoms with Gasteiger partial charge < -0.3 is 4.74 Å². The van der Waals surface area contributed by atoms with E-state index in [0.717, 1.165) is 53.6 Å². The average Bonchev–Trinajstić information content (AvgIpc) is 3.18. The number of aromatic amines is 1. The molecule has 3 aromatic rings. The quantitative estimate of drug-likeness (QED) is 0.792.